The molecule has 1 aromatic heterocycles. The Balaban J connectivity index is 1.67. The maximum atomic E-state index is 12.0. The van der Waals surface area contributed by atoms with Gasteiger partial charge in [0, 0.05) is 15.7 Å². The van der Waals surface area contributed by atoms with Crippen LogP contribution in [-0.4, -0.2) is 26.1 Å². The third-order valence-electron chi connectivity index (χ3n) is 3.12. The van der Waals surface area contributed by atoms with Crippen LogP contribution in [0.4, 0.5) is 5.69 Å². The molecule has 0 aliphatic carbocycles. The molecule has 1 amide bonds. The van der Waals surface area contributed by atoms with Crippen molar-refractivity contribution in [1.29, 1.82) is 5.26 Å². The number of carbonyl (C=O) groups excluding carboxylic acids is 1. The summed E-state index contributed by atoms with van der Waals surface area (Å²) in [5, 5.41) is 23.6. The number of hydrogen-bond donors (Lipinski definition) is 1. The molecule has 0 unspecified atom stereocenters. The Hall–Kier alpha value is -3.05. The topological polar surface area (TPSA) is 96.5 Å². The van der Waals surface area contributed by atoms with E-state index in [9.17, 15) is 4.79 Å². The molecular weight excluding hydrogens is 372 g/mol. The molecule has 3 rings (SSSR count). The van der Waals surface area contributed by atoms with Gasteiger partial charge in [-0.15, -0.1) is 10.2 Å². The molecule has 0 aliphatic rings. The standard InChI is InChI=1S/C16H11BrN6O/c17-13-6-4-12(5-7-13)16-20-22-23(21-16)10-15(24)19-14-3-1-2-11(8-14)9-18/h1-8H,10H2,(H,19,24). The van der Waals surface area contributed by atoms with E-state index in [1.807, 2.05) is 30.3 Å². The lowest BCUT2D eigenvalue weighted by molar-refractivity contribution is -0.117. The molecule has 2 aromatic carbocycles. The van der Waals surface area contributed by atoms with E-state index in [1.54, 1.807) is 24.3 Å². The Labute approximate surface area is 146 Å². The number of benzene rings is 2. The van der Waals surface area contributed by atoms with Gasteiger partial charge < -0.3 is 5.32 Å². The number of nitriles is 1. The molecule has 0 saturated heterocycles. The molecule has 0 fully saturated rings. The van der Waals surface area contributed by atoms with Gasteiger partial charge >= 0.3 is 0 Å². The molecule has 7 nitrogen and oxygen atoms in total. The van der Waals surface area contributed by atoms with E-state index in [0.29, 0.717) is 17.1 Å². The first-order valence-electron chi connectivity index (χ1n) is 6.98. The summed E-state index contributed by atoms with van der Waals surface area (Å²) in [5.74, 6) is 0.145. The van der Waals surface area contributed by atoms with Crippen LogP contribution in [0.15, 0.2) is 53.0 Å². The smallest absolute Gasteiger partial charge is 0.248 e. The average molecular weight is 383 g/mol. The van der Waals surface area contributed by atoms with Crippen molar-refractivity contribution in [3.05, 3.63) is 58.6 Å². The van der Waals surface area contributed by atoms with Gasteiger partial charge in [0.1, 0.15) is 6.54 Å². The highest BCUT2D eigenvalue weighted by Crippen LogP contribution is 2.17. The fourth-order valence-electron chi connectivity index (χ4n) is 2.02. The number of hydrogen-bond acceptors (Lipinski definition) is 5. The fraction of sp³-hybridized carbons (Fsp3) is 0.0625. The first-order chi connectivity index (χ1) is 11.6. The van der Waals surface area contributed by atoms with Gasteiger partial charge in [0.15, 0.2) is 0 Å². The summed E-state index contributed by atoms with van der Waals surface area (Å²) in [5.41, 5.74) is 1.84. The van der Waals surface area contributed by atoms with E-state index in [0.717, 1.165) is 10.0 Å². The van der Waals surface area contributed by atoms with Crippen molar-refractivity contribution in [3.8, 4) is 17.5 Å². The lowest BCUT2D eigenvalue weighted by Gasteiger charge is -2.04. The Bertz CT molecular complexity index is 913. The SMILES string of the molecule is N#Cc1cccc(NC(=O)Cn2nnc(-c3ccc(Br)cc3)n2)c1. The lowest BCUT2D eigenvalue weighted by atomic mass is 10.2. The summed E-state index contributed by atoms with van der Waals surface area (Å²) >= 11 is 3.36. The molecular formula is C16H11BrN6O. The van der Waals surface area contributed by atoms with Crippen LogP contribution in [0.1, 0.15) is 5.56 Å². The number of nitrogens with one attached hydrogen (secondary N) is 1. The van der Waals surface area contributed by atoms with Gasteiger partial charge in [-0.05, 0) is 47.7 Å². The van der Waals surface area contributed by atoms with Crippen molar-refractivity contribution in [3.63, 3.8) is 0 Å². The molecule has 1 N–H and O–H groups in total. The van der Waals surface area contributed by atoms with Crippen LogP contribution in [0.25, 0.3) is 11.4 Å². The number of halogens is 1. The number of amides is 1. The van der Waals surface area contributed by atoms with Crippen molar-refractivity contribution in [2.45, 2.75) is 6.54 Å². The number of rotatable bonds is 4. The molecule has 118 valence electrons. The van der Waals surface area contributed by atoms with E-state index in [4.69, 9.17) is 5.26 Å². The summed E-state index contributed by atoms with van der Waals surface area (Å²) in [6.07, 6.45) is 0. The van der Waals surface area contributed by atoms with E-state index in [2.05, 4.69) is 36.7 Å². The Morgan fingerprint density at radius 2 is 2.04 bits per heavy atom. The summed E-state index contributed by atoms with van der Waals surface area (Å²) in [6.45, 7) is -0.0691. The number of carbonyl (C=O) groups is 1. The Kier molecular flexibility index (Phi) is 4.63. The molecule has 0 radical (unpaired) electrons. The lowest BCUT2D eigenvalue weighted by Crippen LogP contribution is -2.20. The van der Waals surface area contributed by atoms with Gasteiger partial charge in [-0.2, -0.15) is 10.1 Å². The summed E-state index contributed by atoms with van der Waals surface area (Å²) in [4.78, 5) is 13.3. The summed E-state index contributed by atoms with van der Waals surface area (Å²) < 4.78 is 0.956. The van der Waals surface area contributed by atoms with Crippen molar-refractivity contribution in [1.82, 2.24) is 20.2 Å². The quantitative estimate of drug-likeness (QED) is 0.747. The van der Waals surface area contributed by atoms with Gasteiger partial charge in [0.2, 0.25) is 11.7 Å². The van der Waals surface area contributed by atoms with E-state index in [-0.39, 0.29) is 12.5 Å². The van der Waals surface area contributed by atoms with Gasteiger partial charge in [-0.3, -0.25) is 4.79 Å². The van der Waals surface area contributed by atoms with Crippen LogP contribution < -0.4 is 5.32 Å². The van der Waals surface area contributed by atoms with Crippen LogP contribution >= 0.6 is 15.9 Å². The zero-order valence-corrected chi connectivity index (χ0v) is 13.9. The molecule has 0 aliphatic heterocycles. The highest BCUT2D eigenvalue weighted by atomic mass is 79.9. The first kappa shape index (κ1) is 15.8. The zero-order valence-electron chi connectivity index (χ0n) is 12.3. The zero-order chi connectivity index (χ0) is 16.9. The maximum absolute atomic E-state index is 12.0. The molecule has 24 heavy (non-hydrogen) atoms. The summed E-state index contributed by atoms with van der Waals surface area (Å²) in [6, 6.07) is 16.2. The summed E-state index contributed by atoms with van der Waals surface area (Å²) in [7, 11) is 0. The van der Waals surface area contributed by atoms with Gasteiger partial charge in [-0.25, -0.2) is 0 Å². The van der Waals surface area contributed by atoms with E-state index >= 15 is 0 Å². The van der Waals surface area contributed by atoms with Crippen molar-refractivity contribution in [2.24, 2.45) is 0 Å². The number of nitrogens with zero attached hydrogens (tertiary/aromatic N) is 5. The first-order valence-corrected chi connectivity index (χ1v) is 7.77. The monoisotopic (exact) mass is 382 g/mol. The van der Waals surface area contributed by atoms with Crippen LogP contribution in [0, 0.1) is 11.3 Å². The minimum atomic E-state index is -0.301. The fourth-order valence-corrected chi connectivity index (χ4v) is 2.28. The largest absolute Gasteiger partial charge is 0.324 e. The molecule has 0 atom stereocenters. The molecule has 3 aromatic rings. The Morgan fingerprint density at radius 3 is 2.79 bits per heavy atom. The van der Waals surface area contributed by atoms with Crippen LogP contribution in [0.5, 0.6) is 0 Å². The highest BCUT2D eigenvalue weighted by Gasteiger charge is 2.10. The van der Waals surface area contributed by atoms with Crippen molar-refractivity contribution < 1.29 is 4.79 Å². The minimum absolute atomic E-state index is 0.0691. The van der Waals surface area contributed by atoms with Crippen molar-refractivity contribution in [2.75, 3.05) is 5.32 Å². The second kappa shape index (κ2) is 7.02. The maximum Gasteiger partial charge on any atom is 0.248 e. The second-order valence-corrected chi connectivity index (χ2v) is 5.81. The van der Waals surface area contributed by atoms with Crippen molar-refractivity contribution >= 4 is 27.5 Å². The highest BCUT2D eigenvalue weighted by molar-refractivity contribution is 9.10. The van der Waals surface area contributed by atoms with Crippen LogP contribution in [0.2, 0.25) is 0 Å². The van der Waals surface area contributed by atoms with Gasteiger partial charge in [0.25, 0.3) is 0 Å². The number of tetrazole rings is 1. The van der Waals surface area contributed by atoms with E-state index < -0.39 is 0 Å². The van der Waals surface area contributed by atoms with E-state index in [1.165, 1.54) is 4.80 Å². The van der Waals surface area contributed by atoms with Crippen LogP contribution in [0.3, 0.4) is 0 Å². The third-order valence-corrected chi connectivity index (χ3v) is 3.64. The van der Waals surface area contributed by atoms with Gasteiger partial charge in [0.05, 0.1) is 11.6 Å². The predicted molar refractivity (Wildman–Crippen MR) is 90.7 cm³/mol. The third kappa shape index (κ3) is 3.83. The molecule has 8 heteroatoms. The molecule has 0 bridgehead atoms. The molecule has 0 spiro atoms. The normalized spacial score (nSPS) is 10.2. The molecule has 1 heterocycles. The van der Waals surface area contributed by atoms with Gasteiger partial charge in [-0.1, -0.05) is 22.0 Å². The minimum Gasteiger partial charge on any atom is -0.324 e. The predicted octanol–water partition coefficient (Wildman–Crippen LogP) is 2.61. The second-order valence-electron chi connectivity index (χ2n) is 4.89. The Morgan fingerprint density at radius 1 is 1.25 bits per heavy atom. The van der Waals surface area contributed by atoms with Crippen LogP contribution in [-0.2, 0) is 11.3 Å². The number of aromatic nitrogens is 4. The average Bonchev–Trinajstić information content (AvgIpc) is 3.04. The number of anilines is 1. The molecule has 0 saturated carbocycles.